The first-order valence-corrected chi connectivity index (χ1v) is 12.2. The van der Waals surface area contributed by atoms with Crippen LogP contribution in [-0.2, 0) is 21.2 Å². The quantitative estimate of drug-likeness (QED) is 0.588. The van der Waals surface area contributed by atoms with Crippen LogP contribution in [0, 0.1) is 6.92 Å². The molecule has 5 nitrogen and oxygen atoms in total. The van der Waals surface area contributed by atoms with E-state index < -0.39 is 16.1 Å². The van der Waals surface area contributed by atoms with E-state index in [1.54, 1.807) is 31.4 Å². The molecule has 0 spiro atoms. The van der Waals surface area contributed by atoms with Gasteiger partial charge in [0.1, 0.15) is 5.75 Å². The van der Waals surface area contributed by atoms with E-state index in [1.807, 2.05) is 31.2 Å². The Morgan fingerprint density at radius 1 is 1.14 bits per heavy atom. The predicted octanol–water partition coefficient (Wildman–Crippen LogP) is 4.05. The second kappa shape index (κ2) is 9.78. The number of nitrogens with zero attached hydrogens (tertiary/aromatic N) is 1. The number of ether oxygens (including phenoxy) is 1. The molecule has 1 fully saturated rings. The first-order chi connectivity index (χ1) is 13.9. The molecule has 29 heavy (non-hydrogen) atoms. The Morgan fingerprint density at radius 2 is 1.83 bits per heavy atom. The highest BCUT2D eigenvalue weighted by molar-refractivity contribution is 8.13. The normalized spacial score (nSPS) is 17.4. The van der Waals surface area contributed by atoms with Crippen LogP contribution in [0.5, 0.6) is 5.75 Å². The molecule has 0 bridgehead atoms. The van der Waals surface area contributed by atoms with Gasteiger partial charge in [-0.25, -0.2) is 8.42 Å². The molecular formula is C22H27NO4S2. The smallest absolute Gasteiger partial charge is 0.243 e. The lowest BCUT2D eigenvalue weighted by atomic mass is 10.1. The van der Waals surface area contributed by atoms with Crippen molar-refractivity contribution in [1.29, 1.82) is 0 Å². The monoisotopic (exact) mass is 433 g/mol. The number of methoxy groups -OCH3 is 1. The Morgan fingerprint density at radius 3 is 2.48 bits per heavy atom. The third-order valence-electron chi connectivity index (χ3n) is 5.12. The number of rotatable bonds is 8. The third kappa shape index (κ3) is 5.41. The van der Waals surface area contributed by atoms with Gasteiger partial charge < -0.3 is 4.74 Å². The van der Waals surface area contributed by atoms with Crippen LogP contribution in [0.25, 0.3) is 0 Å². The Hall–Kier alpha value is -1.83. The van der Waals surface area contributed by atoms with Crippen molar-refractivity contribution in [3.8, 4) is 5.75 Å². The largest absolute Gasteiger partial charge is 0.497 e. The van der Waals surface area contributed by atoms with Gasteiger partial charge in [0.05, 0.1) is 18.0 Å². The Bertz CT molecular complexity index is 924. The molecule has 1 aliphatic rings. The molecule has 2 aromatic carbocycles. The van der Waals surface area contributed by atoms with E-state index in [0.29, 0.717) is 25.1 Å². The number of aryl methyl sites for hydroxylation is 2. The first kappa shape index (κ1) is 21.9. The summed E-state index contributed by atoms with van der Waals surface area (Å²) in [6.45, 7) is 2.32. The van der Waals surface area contributed by atoms with Gasteiger partial charge in [-0.05, 0) is 62.4 Å². The SMILES string of the molecule is COc1ccc(CCCSC(=O)C2CCCN2S(=O)(=O)c2ccc(C)cc2)cc1. The minimum absolute atomic E-state index is 0.0482. The van der Waals surface area contributed by atoms with Crippen molar-refractivity contribution in [2.45, 2.75) is 43.5 Å². The summed E-state index contributed by atoms with van der Waals surface area (Å²) in [4.78, 5) is 13.0. The van der Waals surface area contributed by atoms with Gasteiger partial charge >= 0.3 is 0 Å². The van der Waals surface area contributed by atoms with Gasteiger partial charge in [0.2, 0.25) is 15.1 Å². The molecule has 1 aliphatic heterocycles. The van der Waals surface area contributed by atoms with Crippen molar-refractivity contribution in [1.82, 2.24) is 4.31 Å². The van der Waals surface area contributed by atoms with E-state index in [4.69, 9.17) is 4.74 Å². The van der Waals surface area contributed by atoms with Crippen LogP contribution in [0.2, 0.25) is 0 Å². The Kier molecular flexibility index (Phi) is 7.38. The molecular weight excluding hydrogens is 406 g/mol. The second-order valence-electron chi connectivity index (χ2n) is 7.21. The van der Waals surface area contributed by atoms with E-state index in [1.165, 1.54) is 21.6 Å². The van der Waals surface area contributed by atoms with Gasteiger partial charge in [0, 0.05) is 12.3 Å². The highest BCUT2D eigenvalue weighted by atomic mass is 32.2. The summed E-state index contributed by atoms with van der Waals surface area (Å²) in [5, 5.41) is -0.0482. The molecule has 1 unspecified atom stereocenters. The summed E-state index contributed by atoms with van der Waals surface area (Å²) in [6, 6.07) is 14.2. The molecule has 1 atom stereocenters. The van der Waals surface area contributed by atoms with Gasteiger partial charge in [-0.2, -0.15) is 4.31 Å². The summed E-state index contributed by atoms with van der Waals surface area (Å²) in [5.41, 5.74) is 2.20. The Labute approximate surface area is 177 Å². The summed E-state index contributed by atoms with van der Waals surface area (Å²) in [6.07, 6.45) is 3.05. The van der Waals surface area contributed by atoms with E-state index in [0.717, 1.165) is 24.2 Å². The number of sulfonamides is 1. The van der Waals surface area contributed by atoms with E-state index >= 15 is 0 Å². The van der Waals surface area contributed by atoms with Crippen LogP contribution < -0.4 is 4.74 Å². The van der Waals surface area contributed by atoms with Gasteiger partial charge in [-0.3, -0.25) is 4.79 Å². The highest BCUT2D eigenvalue weighted by Gasteiger charge is 2.39. The summed E-state index contributed by atoms with van der Waals surface area (Å²) in [5.74, 6) is 1.51. The van der Waals surface area contributed by atoms with Crippen LogP contribution in [0.15, 0.2) is 53.4 Å². The maximum atomic E-state index is 13.0. The fraction of sp³-hybridized carbons (Fsp3) is 0.409. The van der Waals surface area contributed by atoms with Crippen LogP contribution in [0.4, 0.5) is 0 Å². The number of carbonyl (C=O) groups excluding carboxylic acids is 1. The van der Waals surface area contributed by atoms with Crippen molar-refractivity contribution in [3.05, 3.63) is 59.7 Å². The lowest BCUT2D eigenvalue weighted by Crippen LogP contribution is -2.39. The second-order valence-corrected chi connectivity index (χ2v) is 10.2. The van der Waals surface area contributed by atoms with Gasteiger partial charge in [0.25, 0.3) is 0 Å². The van der Waals surface area contributed by atoms with Crippen LogP contribution in [0.1, 0.15) is 30.4 Å². The average molecular weight is 434 g/mol. The molecule has 0 aromatic heterocycles. The lowest BCUT2D eigenvalue weighted by Gasteiger charge is -2.22. The van der Waals surface area contributed by atoms with Crippen LogP contribution >= 0.6 is 11.8 Å². The number of carbonyl (C=O) groups is 1. The van der Waals surface area contributed by atoms with E-state index in [2.05, 4.69) is 0 Å². The summed E-state index contributed by atoms with van der Waals surface area (Å²) in [7, 11) is -2.00. The summed E-state index contributed by atoms with van der Waals surface area (Å²) < 4.78 is 32.5. The minimum Gasteiger partial charge on any atom is -0.497 e. The summed E-state index contributed by atoms with van der Waals surface area (Å²) >= 11 is 1.25. The molecule has 0 aliphatic carbocycles. The molecule has 0 amide bonds. The number of hydrogen-bond donors (Lipinski definition) is 0. The zero-order valence-electron chi connectivity index (χ0n) is 16.8. The van der Waals surface area contributed by atoms with Crippen LogP contribution in [-0.4, -0.2) is 43.3 Å². The molecule has 2 aromatic rings. The molecule has 7 heteroatoms. The fourth-order valence-corrected chi connectivity index (χ4v) is 6.10. The lowest BCUT2D eigenvalue weighted by molar-refractivity contribution is -0.113. The zero-order valence-corrected chi connectivity index (χ0v) is 18.5. The molecule has 0 radical (unpaired) electrons. The molecule has 3 rings (SSSR count). The minimum atomic E-state index is -3.64. The van der Waals surface area contributed by atoms with E-state index in [-0.39, 0.29) is 10.0 Å². The molecule has 1 saturated heterocycles. The first-order valence-electron chi connectivity index (χ1n) is 9.80. The van der Waals surface area contributed by atoms with Crippen LogP contribution in [0.3, 0.4) is 0 Å². The van der Waals surface area contributed by atoms with Crippen molar-refractivity contribution < 1.29 is 17.9 Å². The fourth-order valence-electron chi connectivity index (χ4n) is 3.45. The topological polar surface area (TPSA) is 63.7 Å². The number of hydrogen-bond acceptors (Lipinski definition) is 5. The van der Waals surface area contributed by atoms with E-state index in [9.17, 15) is 13.2 Å². The van der Waals surface area contributed by atoms with Gasteiger partial charge in [0.15, 0.2) is 0 Å². The van der Waals surface area contributed by atoms with Crippen molar-refractivity contribution in [3.63, 3.8) is 0 Å². The predicted molar refractivity (Wildman–Crippen MR) is 117 cm³/mol. The maximum absolute atomic E-state index is 13.0. The molecule has 0 saturated carbocycles. The maximum Gasteiger partial charge on any atom is 0.243 e. The molecule has 0 N–H and O–H groups in total. The average Bonchev–Trinajstić information content (AvgIpc) is 3.23. The molecule has 156 valence electrons. The zero-order chi connectivity index (χ0) is 20.9. The van der Waals surface area contributed by atoms with Crippen molar-refractivity contribution >= 4 is 26.9 Å². The Balaban J connectivity index is 1.54. The highest BCUT2D eigenvalue weighted by Crippen LogP contribution is 2.29. The third-order valence-corrected chi connectivity index (χ3v) is 8.09. The van der Waals surface area contributed by atoms with Gasteiger partial charge in [-0.15, -0.1) is 0 Å². The van der Waals surface area contributed by atoms with Crippen molar-refractivity contribution in [2.24, 2.45) is 0 Å². The standard InChI is InChI=1S/C22H27NO4S2/c1-17-7-13-20(14-8-17)29(25,26)23-15-3-6-21(23)22(24)28-16-4-5-18-9-11-19(27-2)12-10-18/h7-14,21H,3-6,15-16H2,1-2H3. The number of thioether (sulfide) groups is 1. The number of benzene rings is 2. The van der Waals surface area contributed by atoms with Crippen molar-refractivity contribution in [2.75, 3.05) is 19.4 Å². The molecule has 1 heterocycles. The van der Waals surface area contributed by atoms with Gasteiger partial charge in [-0.1, -0.05) is 41.6 Å².